The summed E-state index contributed by atoms with van der Waals surface area (Å²) in [5, 5.41) is 8.80. The Kier molecular flexibility index (Phi) is 5.60. The zero-order chi connectivity index (χ0) is 11.8. The van der Waals surface area contributed by atoms with Crippen molar-refractivity contribution in [1.29, 1.82) is 5.26 Å². The predicted octanol–water partition coefficient (Wildman–Crippen LogP) is 3.20. The minimum atomic E-state index is 0.384. The van der Waals surface area contributed by atoms with Crippen molar-refractivity contribution in [3.05, 3.63) is 35.9 Å². The van der Waals surface area contributed by atoms with Gasteiger partial charge in [-0.25, -0.2) is 0 Å². The van der Waals surface area contributed by atoms with E-state index in [1.54, 1.807) is 0 Å². The van der Waals surface area contributed by atoms with Crippen molar-refractivity contribution in [1.82, 2.24) is 4.90 Å². The van der Waals surface area contributed by atoms with Gasteiger partial charge in [0.2, 0.25) is 0 Å². The monoisotopic (exact) mass is 216 g/mol. The van der Waals surface area contributed by atoms with Crippen LogP contribution < -0.4 is 0 Å². The second-order valence-electron chi connectivity index (χ2n) is 3.97. The topological polar surface area (TPSA) is 27.0 Å². The fraction of sp³-hybridized carbons (Fsp3) is 0.500. The van der Waals surface area contributed by atoms with E-state index in [-0.39, 0.29) is 0 Å². The molecule has 0 heterocycles. The van der Waals surface area contributed by atoms with Crippen LogP contribution in [0.25, 0.3) is 0 Å². The SMILES string of the molecule is CCC(CC#N)N(CC)Cc1ccccc1. The van der Waals surface area contributed by atoms with Gasteiger partial charge in [0.1, 0.15) is 0 Å². The molecule has 0 spiro atoms. The van der Waals surface area contributed by atoms with Crippen molar-refractivity contribution in [3.63, 3.8) is 0 Å². The smallest absolute Gasteiger partial charge is 0.0638 e. The van der Waals surface area contributed by atoms with Crippen molar-refractivity contribution < 1.29 is 0 Å². The highest BCUT2D eigenvalue weighted by Gasteiger charge is 2.14. The van der Waals surface area contributed by atoms with Crippen molar-refractivity contribution in [2.24, 2.45) is 0 Å². The standard InChI is InChI=1S/C14H20N2/c1-3-14(10-11-15)16(4-2)12-13-8-6-5-7-9-13/h5-9,14H,3-4,10,12H2,1-2H3. The number of hydrogen-bond donors (Lipinski definition) is 0. The fourth-order valence-electron chi connectivity index (χ4n) is 1.95. The van der Waals surface area contributed by atoms with Gasteiger partial charge in [-0.3, -0.25) is 4.90 Å². The summed E-state index contributed by atoms with van der Waals surface area (Å²) in [5.41, 5.74) is 1.32. The molecule has 16 heavy (non-hydrogen) atoms. The third-order valence-corrected chi connectivity index (χ3v) is 2.95. The molecule has 0 aliphatic heterocycles. The number of nitriles is 1. The average molecular weight is 216 g/mol. The second kappa shape index (κ2) is 7.03. The lowest BCUT2D eigenvalue weighted by molar-refractivity contribution is 0.194. The second-order valence-corrected chi connectivity index (χ2v) is 3.97. The van der Waals surface area contributed by atoms with E-state index in [4.69, 9.17) is 5.26 Å². The van der Waals surface area contributed by atoms with E-state index in [2.05, 4.69) is 49.1 Å². The molecule has 0 saturated heterocycles. The van der Waals surface area contributed by atoms with E-state index in [0.717, 1.165) is 19.5 Å². The summed E-state index contributed by atoms with van der Waals surface area (Å²) in [6.07, 6.45) is 1.66. The van der Waals surface area contributed by atoms with Crippen LogP contribution in [0.15, 0.2) is 30.3 Å². The molecule has 0 saturated carbocycles. The van der Waals surface area contributed by atoms with Gasteiger partial charge in [0.15, 0.2) is 0 Å². The van der Waals surface area contributed by atoms with E-state index in [1.807, 2.05) is 6.07 Å². The Bertz CT molecular complexity index is 326. The molecule has 1 aromatic carbocycles. The summed E-state index contributed by atoms with van der Waals surface area (Å²) in [6, 6.07) is 13.1. The highest BCUT2D eigenvalue weighted by atomic mass is 15.1. The van der Waals surface area contributed by atoms with Gasteiger partial charge in [-0.2, -0.15) is 5.26 Å². The Balaban J connectivity index is 2.64. The van der Waals surface area contributed by atoms with Crippen LogP contribution in [0.2, 0.25) is 0 Å². The molecule has 0 radical (unpaired) electrons. The molecule has 2 nitrogen and oxygen atoms in total. The molecule has 0 bridgehead atoms. The maximum Gasteiger partial charge on any atom is 0.0638 e. The van der Waals surface area contributed by atoms with Gasteiger partial charge in [-0.1, -0.05) is 44.2 Å². The van der Waals surface area contributed by atoms with Crippen LogP contribution in [0, 0.1) is 11.3 Å². The Morgan fingerprint density at radius 3 is 2.44 bits per heavy atom. The summed E-state index contributed by atoms with van der Waals surface area (Å²) < 4.78 is 0. The van der Waals surface area contributed by atoms with Crippen molar-refractivity contribution >= 4 is 0 Å². The zero-order valence-corrected chi connectivity index (χ0v) is 10.2. The van der Waals surface area contributed by atoms with E-state index in [0.29, 0.717) is 12.5 Å². The first-order valence-electron chi connectivity index (χ1n) is 5.96. The normalized spacial score (nSPS) is 12.4. The molecular formula is C14H20N2. The lowest BCUT2D eigenvalue weighted by Crippen LogP contribution is -2.33. The Hall–Kier alpha value is -1.33. The third kappa shape index (κ3) is 3.67. The lowest BCUT2D eigenvalue weighted by atomic mass is 10.1. The molecule has 1 atom stereocenters. The summed E-state index contributed by atoms with van der Waals surface area (Å²) in [7, 11) is 0. The van der Waals surface area contributed by atoms with Crippen molar-refractivity contribution in [3.8, 4) is 6.07 Å². The van der Waals surface area contributed by atoms with Crippen LogP contribution in [-0.4, -0.2) is 17.5 Å². The van der Waals surface area contributed by atoms with Crippen LogP contribution in [0.5, 0.6) is 0 Å². The summed E-state index contributed by atoms with van der Waals surface area (Å²) in [6.45, 7) is 6.24. The molecule has 1 aromatic rings. The number of benzene rings is 1. The zero-order valence-electron chi connectivity index (χ0n) is 10.2. The van der Waals surface area contributed by atoms with Gasteiger partial charge in [-0.15, -0.1) is 0 Å². The Morgan fingerprint density at radius 2 is 1.94 bits per heavy atom. The van der Waals surface area contributed by atoms with E-state index in [9.17, 15) is 0 Å². The molecule has 2 heteroatoms. The number of nitrogens with zero attached hydrogens (tertiary/aromatic N) is 2. The van der Waals surface area contributed by atoms with Gasteiger partial charge < -0.3 is 0 Å². The van der Waals surface area contributed by atoms with Crippen LogP contribution in [0.1, 0.15) is 32.3 Å². The predicted molar refractivity (Wildman–Crippen MR) is 66.8 cm³/mol. The highest BCUT2D eigenvalue weighted by Crippen LogP contribution is 2.12. The number of hydrogen-bond acceptors (Lipinski definition) is 2. The molecule has 0 fully saturated rings. The van der Waals surface area contributed by atoms with Gasteiger partial charge in [0, 0.05) is 12.6 Å². The quantitative estimate of drug-likeness (QED) is 0.730. The maximum absolute atomic E-state index is 8.80. The first-order chi connectivity index (χ1) is 7.81. The van der Waals surface area contributed by atoms with E-state index in [1.165, 1.54) is 5.56 Å². The molecule has 0 aliphatic rings. The van der Waals surface area contributed by atoms with Crippen molar-refractivity contribution in [2.75, 3.05) is 6.54 Å². The number of rotatable bonds is 6. The Labute approximate surface area is 98.5 Å². The summed E-state index contributed by atoms with van der Waals surface area (Å²) in [5.74, 6) is 0. The summed E-state index contributed by atoms with van der Waals surface area (Å²) >= 11 is 0. The minimum Gasteiger partial charge on any atom is -0.295 e. The van der Waals surface area contributed by atoms with Crippen molar-refractivity contribution in [2.45, 2.75) is 39.3 Å². The van der Waals surface area contributed by atoms with Gasteiger partial charge >= 0.3 is 0 Å². The van der Waals surface area contributed by atoms with Crippen LogP contribution in [-0.2, 0) is 6.54 Å². The van der Waals surface area contributed by atoms with Gasteiger partial charge in [0.05, 0.1) is 12.5 Å². The molecule has 0 amide bonds. The first-order valence-corrected chi connectivity index (χ1v) is 5.96. The fourth-order valence-corrected chi connectivity index (χ4v) is 1.95. The molecule has 1 rings (SSSR count). The summed E-state index contributed by atoms with van der Waals surface area (Å²) in [4.78, 5) is 2.37. The largest absolute Gasteiger partial charge is 0.295 e. The average Bonchev–Trinajstić information content (AvgIpc) is 2.35. The molecule has 86 valence electrons. The maximum atomic E-state index is 8.80. The molecule has 1 unspecified atom stereocenters. The van der Waals surface area contributed by atoms with Gasteiger partial charge in [-0.05, 0) is 18.5 Å². The molecular weight excluding hydrogens is 196 g/mol. The lowest BCUT2D eigenvalue weighted by Gasteiger charge is -2.28. The van der Waals surface area contributed by atoms with Crippen LogP contribution in [0.3, 0.4) is 0 Å². The van der Waals surface area contributed by atoms with Gasteiger partial charge in [0.25, 0.3) is 0 Å². The molecule has 0 aromatic heterocycles. The third-order valence-electron chi connectivity index (χ3n) is 2.95. The van der Waals surface area contributed by atoms with Crippen LogP contribution >= 0.6 is 0 Å². The highest BCUT2D eigenvalue weighted by molar-refractivity contribution is 5.14. The molecule has 0 aliphatic carbocycles. The minimum absolute atomic E-state index is 0.384. The molecule has 0 N–H and O–H groups in total. The van der Waals surface area contributed by atoms with E-state index >= 15 is 0 Å². The van der Waals surface area contributed by atoms with Crippen LogP contribution in [0.4, 0.5) is 0 Å². The van der Waals surface area contributed by atoms with E-state index < -0.39 is 0 Å². The Morgan fingerprint density at radius 1 is 1.25 bits per heavy atom. The first kappa shape index (κ1) is 12.7.